The van der Waals surface area contributed by atoms with Gasteiger partial charge in [-0.3, -0.25) is 4.99 Å². The second-order valence-corrected chi connectivity index (χ2v) is 4.72. The van der Waals surface area contributed by atoms with E-state index >= 15 is 0 Å². The maximum absolute atomic E-state index is 11.2. The largest absolute Gasteiger partial charge is 0.511 e. The van der Waals surface area contributed by atoms with Crippen LogP contribution >= 0.6 is 0 Å². The summed E-state index contributed by atoms with van der Waals surface area (Å²) in [6.07, 6.45) is 1.80. The maximum atomic E-state index is 11.2. The number of hydrogen-bond donors (Lipinski definition) is 1. The normalized spacial score (nSPS) is 21.7. The van der Waals surface area contributed by atoms with Crippen LogP contribution in [0.2, 0.25) is 0 Å². The van der Waals surface area contributed by atoms with Gasteiger partial charge in [0.25, 0.3) is 0 Å². The molecule has 0 unspecified atom stereocenters. The zero-order chi connectivity index (χ0) is 11.6. The van der Waals surface area contributed by atoms with E-state index in [-0.39, 0.29) is 22.8 Å². The van der Waals surface area contributed by atoms with Gasteiger partial charge in [-0.2, -0.15) is 0 Å². The molecule has 1 rings (SSSR count). The Morgan fingerprint density at radius 3 is 2.60 bits per heavy atom. The number of ether oxygens (including phenoxy) is 1. The zero-order valence-corrected chi connectivity index (χ0v) is 9.57. The molecule has 0 aromatic rings. The molecular weight excluding hydrogens is 194 g/mol. The van der Waals surface area contributed by atoms with Crippen LogP contribution in [-0.4, -0.2) is 30.4 Å². The number of carbonyl (C=O) groups excluding carboxylic acids is 1. The van der Waals surface area contributed by atoms with Crippen LogP contribution in [-0.2, 0) is 9.53 Å². The van der Waals surface area contributed by atoms with E-state index in [4.69, 9.17) is 0 Å². The van der Waals surface area contributed by atoms with E-state index in [9.17, 15) is 9.90 Å². The molecule has 0 aliphatic carbocycles. The number of esters is 1. The molecule has 1 N–H and O–H groups in total. The number of rotatable bonds is 1. The average molecular weight is 211 g/mol. The number of dihydropyridines is 1. The number of hydrogen-bond acceptors (Lipinski definition) is 4. The minimum Gasteiger partial charge on any atom is -0.511 e. The van der Waals surface area contributed by atoms with Crippen molar-refractivity contribution in [2.75, 3.05) is 7.11 Å². The molecule has 0 saturated heterocycles. The van der Waals surface area contributed by atoms with Gasteiger partial charge in [0.2, 0.25) is 0 Å². The molecule has 4 heteroatoms. The molecule has 1 heterocycles. The first-order chi connectivity index (χ1) is 6.86. The molecular formula is C11H17NO3. The lowest BCUT2D eigenvalue weighted by atomic mass is 9.83. The lowest BCUT2D eigenvalue weighted by Crippen LogP contribution is -2.29. The third kappa shape index (κ3) is 2.58. The highest BCUT2D eigenvalue weighted by atomic mass is 16.5. The van der Waals surface area contributed by atoms with Crippen molar-refractivity contribution in [3.05, 3.63) is 11.3 Å². The van der Waals surface area contributed by atoms with Crippen LogP contribution in [0, 0.1) is 5.41 Å². The topological polar surface area (TPSA) is 58.9 Å². The van der Waals surface area contributed by atoms with E-state index in [0.29, 0.717) is 6.42 Å². The first kappa shape index (κ1) is 11.8. The van der Waals surface area contributed by atoms with Crippen LogP contribution in [0.5, 0.6) is 0 Å². The van der Waals surface area contributed by atoms with E-state index in [0.717, 1.165) is 0 Å². The molecule has 0 radical (unpaired) electrons. The van der Waals surface area contributed by atoms with Crippen LogP contribution < -0.4 is 0 Å². The second-order valence-electron chi connectivity index (χ2n) is 4.72. The van der Waals surface area contributed by atoms with Crippen LogP contribution in [0.25, 0.3) is 0 Å². The Bertz CT molecular complexity index is 323. The highest BCUT2D eigenvalue weighted by Crippen LogP contribution is 2.30. The van der Waals surface area contributed by atoms with Crippen LogP contribution in [0.3, 0.4) is 0 Å². The summed E-state index contributed by atoms with van der Waals surface area (Å²) < 4.78 is 4.53. The molecule has 1 aliphatic heterocycles. The van der Waals surface area contributed by atoms with E-state index in [2.05, 4.69) is 9.73 Å². The lowest BCUT2D eigenvalue weighted by Gasteiger charge is -2.29. The number of carbonyl (C=O) groups is 1. The Labute approximate surface area is 89.7 Å². The van der Waals surface area contributed by atoms with E-state index in [1.165, 1.54) is 13.3 Å². The molecule has 0 aromatic carbocycles. The summed E-state index contributed by atoms with van der Waals surface area (Å²) in [5.41, 5.74) is 0.143. The van der Waals surface area contributed by atoms with Crippen molar-refractivity contribution < 1.29 is 14.6 Å². The molecule has 0 spiro atoms. The van der Waals surface area contributed by atoms with Gasteiger partial charge in [-0.05, 0) is 5.41 Å². The fourth-order valence-corrected chi connectivity index (χ4v) is 1.40. The number of aliphatic hydroxyl groups excluding tert-OH is 1. The minimum atomic E-state index is -0.538. The van der Waals surface area contributed by atoms with E-state index in [1.807, 2.05) is 20.8 Å². The maximum Gasteiger partial charge on any atom is 0.342 e. The zero-order valence-electron chi connectivity index (χ0n) is 9.57. The fourth-order valence-electron chi connectivity index (χ4n) is 1.40. The second kappa shape index (κ2) is 4.04. The van der Waals surface area contributed by atoms with Crippen molar-refractivity contribution in [3.63, 3.8) is 0 Å². The molecule has 4 nitrogen and oxygen atoms in total. The summed E-state index contributed by atoms with van der Waals surface area (Å²) in [6, 6.07) is 0.00547. The smallest absolute Gasteiger partial charge is 0.342 e. The van der Waals surface area contributed by atoms with Crippen molar-refractivity contribution in [1.29, 1.82) is 0 Å². The summed E-state index contributed by atoms with van der Waals surface area (Å²) in [5, 5.41) is 9.69. The third-order valence-corrected chi connectivity index (χ3v) is 2.49. The van der Waals surface area contributed by atoms with Gasteiger partial charge < -0.3 is 9.84 Å². The Morgan fingerprint density at radius 2 is 2.20 bits per heavy atom. The van der Waals surface area contributed by atoms with Crippen LogP contribution in [0.15, 0.2) is 16.3 Å². The predicted molar refractivity (Wildman–Crippen MR) is 58.0 cm³/mol. The number of nitrogens with zero attached hydrogens (tertiary/aromatic N) is 1. The van der Waals surface area contributed by atoms with Gasteiger partial charge in [0.15, 0.2) is 0 Å². The molecule has 1 aliphatic rings. The van der Waals surface area contributed by atoms with Gasteiger partial charge in [-0.25, -0.2) is 4.79 Å². The Kier molecular flexibility index (Phi) is 3.17. The molecule has 0 bridgehead atoms. The van der Waals surface area contributed by atoms with Crippen LogP contribution in [0.1, 0.15) is 27.2 Å². The van der Waals surface area contributed by atoms with Gasteiger partial charge in [0.05, 0.1) is 13.2 Å². The summed E-state index contributed by atoms with van der Waals surface area (Å²) >= 11 is 0. The molecule has 0 saturated carbocycles. The average Bonchev–Trinajstić information content (AvgIpc) is 2.15. The van der Waals surface area contributed by atoms with Gasteiger partial charge in [-0.15, -0.1) is 0 Å². The van der Waals surface area contributed by atoms with Gasteiger partial charge >= 0.3 is 5.97 Å². The van der Waals surface area contributed by atoms with Crippen molar-refractivity contribution in [3.8, 4) is 0 Å². The van der Waals surface area contributed by atoms with E-state index < -0.39 is 5.97 Å². The lowest BCUT2D eigenvalue weighted by molar-refractivity contribution is -0.135. The monoisotopic (exact) mass is 211 g/mol. The Hall–Kier alpha value is -1.32. The highest BCUT2D eigenvalue weighted by Gasteiger charge is 2.29. The molecule has 0 aromatic heterocycles. The first-order valence-corrected chi connectivity index (χ1v) is 4.90. The fraction of sp³-hybridized carbons (Fsp3) is 0.636. The first-order valence-electron chi connectivity index (χ1n) is 4.90. The summed E-state index contributed by atoms with van der Waals surface area (Å²) in [7, 11) is 1.28. The number of methoxy groups -OCH3 is 1. The highest BCUT2D eigenvalue weighted by molar-refractivity contribution is 6.10. The van der Waals surface area contributed by atoms with Crippen LogP contribution in [0.4, 0.5) is 0 Å². The third-order valence-electron chi connectivity index (χ3n) is 2.49. The van der Waals surface area contributed by atoms with Crippen molar-refractivity contribution in [1.82, 2.24) is 0 Å². The molecule has 84 valence electrons. The molecule has 0 amide bonds. The molecule has 1 atom stereocenters. The Morgan fingerprint density at radius 1 is 1.60 bits per heavy atom. The SMILES string of the molecule is COC(=O)C1=C(O)C[C@H](C(C)(C)C)N=C1. The Balaban J connectivity index is 2.85. The summed E-state index contributed by atoms with van der Waals surface area (Å²) in [5.74, 6) is -0.472. The van der Waals surface area contributed by atoms with Gasteiger partial charge in [-0.1, -0.05) is 20.8 Å². The molecule has 15 heavy (non-hydrogen) atoms. The quantitative estimate of drug-likeness (QED) is 0.673. The number of aliphatic imine (C=N–C) groups is 1. The van der Waals surface area contributed by atoms with E-state index in [1.54, 1.807) is 0 Å². The standard InChI is InChI=1S/C11H17NO3/c1-11(2,3)9-5-8(13)7(6-12-9)10(14)15-4/h6,9,13H,5H2,1-4H3/t9-/m1/s1. The summed E-state index contributed by atoms with van der Waals surface area (Å²) in [6.45, 7) is 6.14. The van der Waals surface area contributed by atoms with Crippen molar-refractivity contribution >= 4 is 12.2 Å². The minimum absolute atomic E-state index is 0.00547. The van der Waals surface area contributed by atoms with Crippen molar-refractivity contribution in [2.45, 2.75) is 33.2 Å². The number of aliphatic hydroxyl groups is 1. The van der Waals surface area contributed by atoms with Crippen molar-refractivity contribution in [2.24, 2.45) is 10.4 Å². The summed E-state index contributed by atoms with van der Waals surface area (Å²) in [4.78, 5) is 15.5. The predicted octanol–water partition coefficient (Wildman–Crippen LogP) is 1.86. The molecule has 0 fully saturated rings. The van der Waals surface area contributed by atoms with Gasteiger partial charge in [0.1, 0.15) is 11.3 Å². The van der Waals surface area contributed by atoms with Gasteiger partial charge in [0, 0.05) is 12.6 Å².